The second-order valence-corrected chi connectivity index (χ2v) is 8.89. The van der Waals surface area contributed by atoms with Gasteiger partial charge in [0, 0.05) is 19.1 Å². The molecule has 2 atom stereocenters. The quantitative estimate of drug-likeness (QED) is 0.760. The standard InChI is InChI=1S/C18H27ClN2O4S/c1-4-13(3)20-18(22)14-7-6-10-21(12-14)26(23,24)15-8-9-17(25-5-2)16(19)11-15/h8-9,11,13-14H,4-7,10,12H2,1-3H3,(H,20,22)/t13-,14-/m0/s1. The number of hydrogen-bond donors (Lipinski definition) is 1. The maximum Gasteiger partial charge on any atom is 0.243 e. The van der Waals surface area contributed by atoms with E-state index in [1.165, 1.54) is 16.4 Å². The zero-order valence-corrected chi connectivity index (χ0v) is 17.1. The lowest BCUT2D eigenvalue weighted by Crippen LogP contribution is -2.46. The lowest BCUT2D eigenvalue weighted by atomic mass is 9.98. The van der Waals surface area contributed by atoms with Crippen LogP contribution in [0.2, 0.25) is 5.02 Å². The molecule has 1 aromatic rings. The van der Waals surface area contributed by atoms with Gasteiger partial charge >= 0.3 is 0 Å². The van der Waals surface area contributed by atoms with E-state index < -0.39 is 10.0 Å². The number of ether oxygens (including phenoxy) is 1. The lowest BCUT2D eigenvalue weighted by molar-refractivity contribution is -0.126. The molecule has 8 heteroatoms. The fourth-order valence-corrected chi connectivity index (χ4v) is 4.75. The molecule has 26 heavy (non-hydrogen) atoms. The predicted octanol–water partition coefficient (Wildman–Crippen LogP) is 3.05. The van der Waals surface area contributed by atoms with Crippen LogP contribution in [-0.2, 0) is 14.8 Å². The van der Waals surface area contributed by atoms with E-state index in [0.717, 1.165) is 6.42 Å². The molecule has 1 aliphatic rings. The second kappa shape index (κ2) is 9.06. The van der Waals surface area contributed by atoms with Gasteiger partial charge in [0.25, 0.3) is 0 Å². The Labute approximate surface area is 160 Å². The highest BCUT2D eigenvalue weighted by Crippen LogP contribution is 2.30. The third kappa shape index (κ3) is 4.90. The first-order chi connectivity index (χ1) is 12.3. The number of carbonyl (C=O) groups excluding carboxylic acids is 1. The predicted molar refractivity (Wildman–Crippen MR) is 102 cm³/mol. The van der Waals surface area contributed by atoms with Gasteiger partial charge in [-0.2, -0.15) is 4.31 Å². The average molecular weight is 403 g/mol. The van der Waals surface area contributed by atoms with Gasteiger partial charge in [-0.3, -0.25) is 4.79 Å². The number of carbonyl (C=O) groups is 1. The zero-order valence-electron chi connectivity index (χ0n) is 15.5. The summed E-state index contributed by atoms with van der Waals surface area (Å²) >= 11 is 6.13. The summed E-state index contributed by atoms with van der Waals surface area (Å²) in [6, 6.07) is 4.55. The number of nitrogens with one attached hydrogen (secondary N) is 1. The number of sulfonamides is 1. The Morgan fingerprint density at radius 1 is 1.42 bits per heavy atom. The molecule has 1 amide bonds. The Morgan fingerprint density at radius 3 is 2.77 bits per heavy atom. The van der Waals surface area contributed by atoms with Gasteiger partial charge in [-0.1, -0.05) is 18.5 Å². The zero-order chi connectivity index (χ0) is 19.3. The van der Waals surface area contributed by atoms with E-state index in [2.05, 4.69) is 5.32 Å². The fourth-order valence-electron chi connectivity index (χ4n) is 2.90. The Bertz CT molecular complexity index is 739. The highest BCUT2D eigenvalue weighted by atomic mass is 35.5. The molecule has 1 aromatic carbocycles. The van der Waals surface area contributed by atoms with Crippen LogP contribution < -0.4 is 10.1 Å². The first kappa shape index (κ1) is 21.0. The SMILES string of the molecule is CCOc1ccc(S(=O)(=O)N2CCC[C@H](C(=O)N[C@@H](C)CC)C2)cc1Cl. The molecule has 2 rings (SSSR count). The van der Waals surface area contributed by atoms with Crippen molar-refractivity contribution in [2.24, 2.45) is 5.92 Å². The van der Waals surface area contributed by atoms with E-state index >= 15 is 0 Å². The van der Waals surface area contributed by atoms with E-state index in [0.29, 0.717) is 31.7 Å². The summed E-state index contributed by atoms with van der Waals surface area (Å²) in [5.74, 6) is 0.0484. The normalized spacial score (nSPS) is 19.8. The van der Waals surface area contributed by atoms with Gasteiger partial charge in [0.2, 0.25) is 15.9 Å². The van der Waals surface area contributed by atoms with Gasteiger partial charge in [0.1, 0.15) is 5.75 Å². The summed E-state index contributed by atoms with van der Waals surface area (Å²) in [7, 11) is -3.70. The number of halogens is 1. The van der Waals surface area contributed by atoms with E-state index in [9.17, 15) is 13.2 Å². The Morgan fingerprint density at radius 2 is 2.15 bits per heavy atom. The highest BCUT2D eigenvalue weighted by Gasteiger charge is 2.33. The average Bonchev–Trinajstić information content (AvgIpc) is 2.63. The van der Waals surface area contributed by atoms with Gasteiger partial charge < -0.3 is 10.1 Å². The van der Waals surface area contributed by atoms with Gasteiger partial charge in [0.05, 0.1) is 22.4 Å². The summed E-state index contributed by atoms with van der Waals surface area (Å²) < 4.78 is 32.6. The Hall–Kier alpha value is -1.31. The van der Waals surface area contributed by atoms with Crippen molar-refractivity contribution in [2.75, 3.05) is 19.7 Å². The van der Waals surface area contributed by atoms with Crippen molar-refractivity contribution in [1.82, 2.24) is 9.62 Å². The van der Waals surface area contributed by atoms with E-state index in [4.69, 9.17) is 16.3 Å². The molecule has 0 saturated carbocycles. The molecular weight excluding hydrogens is 376 g/mol. The summed E-state index contributed by atoms with van der Waals surface area (Å²) in [5.41, 5.74) is 0. The second-order valence-electron chi connectivity index (χ2n) is 6.55. The van der Waals surface area contributed by atoms with Crippen LogP contribution in [-0.4, -0.2) is 44.4 Å². The molecule has 1 aliphatic heterocycles. The lowest BCUT2D eigenvalue weighted by Gasteiger charge is -2.31. The molecule has 1 N–H and O–H groups in total. The van der Waals surface area contributed by atoms with Crippen LogP contribution in [0.5, 0.6) is 5.75 Å². The van der Waals surface area contributed by atoms with Crippen molar-refractivity contribution >= 4 is 27.5 Å². The molecule has 146 valence electrons. The van der Waals surface area contributed by atoms with Gasteiger partial charge in [-0.25, -0.2) is 8.42 Å². The van der Waals surface area contributed by atoms with Crippen LogP contribution in [0.15, 0.2) is 23.1 Å². The van der Waals surface area contributed by atoms with Crippen LogP contribution in [0.4, 0.5) is 0 Å². The number of benzene rings is 1. The largest absolute Gasteiger partial charge is 0.492 e. The number of amides is 1. The Kier molecular flexibility index (Phi) is 7.32. The summed E-state index contributed by atoms with van der Waals surface area (Å²) in [6.45, 7) is 6.81. The fraction of sp³-hybridized carbons (Fsp3) is 0.611. The van der Waals surface area contributed by atoms with Crippen LogP contribution in [0, 0.1) is 5.92 Å². The molecule has 0 spiro atoms. The molecule has 0 unspecified atom stereocenters. The van der Waals surface area contributed by atoms with Crippen LogP contribution in [0.1, 0.15) is 40.0 Å². The van der Waals surface area contributed by atoms with Crippen molar-refractivity contribution < 1.29 is 17.9 Å². The molecular formula is C18H27ClN2O4S. The van der Waals surface area contributed by atoms with Crippen LogP contribution in [0.3, 0.4) is 0 Å². The van der Waals surface area contributed by atoms with Crippen molar-refractivity contribution in [1.29, 1.82) is 0 Å². The molecule has 0 aromatic heterocycles. The maximum absolute atomic E-state index is 12.9. The number of rotatable bonds is 7. The number of piperidine rings is 1. The number of hydrogen-bond acceptors (Lipinski definition) is 4. The summed E-state index contributed by atoms with van der Waals surface area (Å²) in [4.78, 5) is 12.5. The van der Waals surface area contributed by atoms with Gasteiger partial charge in [-0.05, 0) is 51.3 Å². The Balaban J connectivity index is 2.15. The molecule has 1 heterocycles. The van der Waals surface area contributed by atoms with Crippen molar-refractivity contribution in [3.8, 4) is 5.75 Å². The van der Waals surface area contributed by atoms with Crippen LogP contribution >= 0.6 is 11.6 Å². The minimum atomic E-state index is -3.70. The van der Waals surface area contributed by atoms with E-state index in [-0.39, 0.29) is 34.3 Å². The third-order valence-electron chi connectivity index (χ3n) is 4.60. The monoisotopic (exact) mass is 402 g/mol. The molecule has 1 saturated heterocycles. The van der Waals surface area contributed by atoms with Gasteiger partial charge in [-0.15, -0.1) is 0 Å². The first-order valence-corrected chi connectivity index (χ1v) is 10.8. The van der Waals surface area contributed by atoms with Gasteiger partial charge in [0.15, 0.2) is 0 Å². The first-order valence-electron chi connectivity index (χ1n) is 9.02. The summed E-state index contributed by atoms with van der Waals surface area (Å²) in [5, 5.41) is 3.20. The molecule has 0 aliphatic carbocycles. The van der Waals surface area contributed by atoms with Crippen molar-refractivity contribution in [3.05, 3.63) is 23.2 Å². The molecule has 0 bridgehead atoms. The minimum Gasteiger partial charge on any atom is -0.492 e. The molecule has 0 radical (unpaired) electrons. The van der Waals surface area contributed by atoms with Crippen LogP contribution in [0.25, 0.3) is 0 Å². The smallest absolute Gasteiger partial charge is 0.243 e. The topological polar surface area (TPSA) is 75.7 Å². The minimum absolute atomic E-state index is 0.0797. The highest BCUT2D eigenvalue weighted by molar-refractivity contribution is 7.89. The van der Waals surface area contributed by atoms with E-state index in [1.54, 1.807) is 6.07 Å². The third-order valence-corrected chi connectivity index (χ3v) is 6.75. The maximum atomic E-state index is 12.9. The molecule has 6 nitrogen and oxygen atoms in total. The van der Waals surface area contributed by atoms with Crippen molar-refractivity contribution in [2.45, 2.75) is 51.0 Å². The molecule has 1 fully saturated rings. The van der Waals surface area contributed by atoms with Crippen molar-refractivity contribution in [3.63, 3.8) is 0 Å². The number of nitrogens with zero attached hydrogens (tertiary/aromatic N) is 1. The summed E-state index contributed by atoms with van der Waals surface area (Å²) in [6.07, 6.45) is 2.19. The van der Waals surface area contributed by atoms with E-state index in [1.807, 2.05) is 20.8 Å².